The molecule has 2 N–H and O–H groups in total. The number of nitrogen functional groups attached to an aromatic ring is 1. The summed E-state index contributed by atoms with van der Waals surface area (Å²) in [6.07, 6.45) is 0. The standard InChI is InChI=1S/C13H18N2O4S/c1-10-9-20(17,18)7-6-15(10)13(16)8-19-12-4-2-11(14)3-5-12/h2-5,10H,6-9,14H2,1H3. The number of benzene rings is 1. The largest absolute Gasteiger partial charge is 0.484 e. The number of amides is 1. The molecule has 0 bridgehead atoms. The third-order valence-corrected chi connectivity index (χ3v) is 5.03. The van der Waals surface area contributed by atoms with Gasteiger partial charge in [0.15, 0.2) is 16.4 Å². The topological polar surface area (TPSA) is 89.7 Å². The molecule has 1 aromatic carbocycles. The van der Waals surface area contributed by atoms with Crippen LogP contribution >= 0.6 is 0 Å². The van der Waals surface area contributed by atoms with Gasteiger partial charge in [-0.05, 0) is 31.2 Å². The summed E-state index contributed by atoms with van der Waals surface area (Å²) in [6, 6.07) is 6.45. The molecule has 1 aromatic rings. The van der Waals surface area contributed by atoms with Gasteiger partial charge in [-0.1, -0.05) is 0 Å². The average Bonchev–Trinajstić information content (AvgIpc) is 2.36. The lowest BCUT2D eigenvalue weighted by Gasteiger charge is -2.33. The van der Waals surface area contributed by atoms with E-state index in [1.165, 1.54) is 0 Å². The van der Waals surface area contributed by atoms with Crippen LogP contribution in [0.1, 0.15) is 6.92 Å². The number of nitrogens with two attached hydrogens (primary N) is 1. The molecule has 6 nitrogen and oxygen atoms in total. The quantitative estimate of drug-likeness (QED) is 0.810. The van der Waals surface area contributed by atoms with E-state index in [1.807, 2.05) is 0 Å². The molecular weight excluding hydrogens is 280 g/mol. The first-order valence-corrected chi connectivity index (χ1v) is 8.18. The fraction of sp³-hybridized carbons (Fsp3) is 0.462. The summed E-state index contributed by atoms with van der Waals surface area (Å²) in [5.41, 5.74) is 6.18. The summed E-state index contributed by atoms with van der Waals surface area (Å²) in [6.45, 7) is 1.86. The lowest BCUT2D eigenvalue weighted by molar-refractivity contribution is -0.134. The van der Waals surface area contributed by atoms with E-state index in [-0.39, 0.29) is 36.6 Å². The van der Waals surface area contributed by atoms with Crippen molar-refractivity contribution in [3.63, 3.8) is 0 Å². The van der Waals surface area contributed by atoms with Gasteiger partial charge < -0.3 is 15.4 Å². The lowest BCUT2D eigenvalue weighted by atomic mass is 10.3. The van der Waals surface area contributed by atoms with E-state index in [2.05, 4.69) is 0 Å². The zero-order valence-corrected chi connectivity index (χ0v) is 12.1. The highest BCUT2D eigenvalue weighted by atomic mass is 32.2. The second kappa shape index (κ2) is 5.70. The molecule has 0 aliphatic carbocycles. The summed E-state index contributed by atoms with van der Waals surface area (Å²) in [7, 11) is -3.02. The lowest BCUT2D eigenvalue weighted by Crippen LogP contribution is -2.51. The van der Waals surface area contributed by atoms with Crippen LogP contribution in [0.2, 0.25) is 0 Å². The van der Waals surface area contributed by atoms with Gasteiger partial charge in [0.05, 0.1) is 11.5 Å². The van der Waals surface area contributed by atoms with Crippen molar-refractivity contribution in [2.24, 2.45) is 0 Å². The number of hydrogen-bond donors (Lipinski definition) is 1. The molecule has 7 heteroatoms. The molecule has 1 aliphatic rings. The van der Waals surface area contributed by atoms with Crippen LogP contribution in [0.3, 0.4) is 0 Å². The van der Waals surface area contributed by atoms with Gasteiger partial charge in [-0.3, -0.25) is 4.79 Å². The Balaban J connectivity index is 1.90. The van der Waals surface area contributed by atoms with Crippen molar-refractivity contribution in [2.75, 3.05) is 30.4 Å². The Hall–Kier alpha value is -1.76. The molecule has 1 saturated heterocycles. The van der Waals surface area contributed by atoms with Crippen molar-refractivity contribution < 1.29 is 17.9 Å². The Kier molecular flexibility index (Phi) is 4.17. The number of carbonyl (C=O) groups is 1. The zero-order chi connectivity index (χ0) is 14.8. The average molecular weight is 298 g/mol. The Morgan fingerprint density at radius 2 is 2.05 bits per heavy atom. The highest BCUT2D eigenvalue weighted by Crippen LogP contribution is 2.15. The minimum Gasteiger partial charge on any atom is -0.484 e. The van der Waals surface area contributed by atoms with Crippen molar-refractivity contribution in [2.45, 2.75) is 13.0 Å². The first kappa shape index (κ1) is 14.6. The van der Waals surface area contributed by atoms with Gasteiger partial charge in [-0.25, -0.2) is 8.42 Å². The second-order valence-corrected chi connectivity index (χ2v) is 7.14. The Bertz CT molecular complexity index is 583. The molecule has 1 unspecified atom stereocenters. The molecule has 0 radical (unpaired) electrons. The van der Waals surface area contributed by atoms with E-state index in [9.17, 15) is 13.2 Å². The third kappa shape index (κ3) is 3.63. The molecule has 1 heterocycles. The van der Waals surface area contributed by atoms with Crippen LogP contribution in [0, 0.1) is 0 Å². The van der Waals surface area contributed by atoms with E-state index in [4.69, 9.17) is 10.5 Å². The van der Waals surface area contributed by atoms with Crippen LogP contribution in [-0.4, -0.2) is 49.9 Å². The molecule has 1 amide bonds. The number of nitrogens with zero attached hydrogens (tertiary/aromatic N) is 1. The highest BCUT2D eigenvalue weighted by Gasteiger charge is 2.31. The summed E-state index contributed by atoms with van der Waals surface area (Å²) in [5.74, 6) is 0.389. The van der Waals surface area contributed by atoms with Crippen LogP contribution in [0.25, 0.3) is 0 Å². The van der Waals surface area contributed by atoms with Gasteiger partial charge in [0.25, 0.3) is 5.91 Å². The summed E-state index contributed by atoms with van der Waals surface area (Å²) in [5, 5.41) is 0. The van der Waals surface area contributed by atoms with Gasteiger partial charge >= 0.3 is 0 Å². The van der Waals surface area contributed by atoms with Gasteiger partial charge in [-0.2, -0.15) is 0 Å². The summed E-state index contributed by atoms with van der Waals surface area (Å²) in [4.78, 5) is 13.6. The minimum atomic E-state index is -3.02. The molecule has 1 atom stereocenters. The number of carbonyl (C=O) groups excluding carboxylic acids is 1. The van der Waals surface area contributed by atoms with E-state index in [1.54, 1.807) is 36.1 Å². The highest BCUT2D eigenvalue weighted by molar-refractivity contribution is 7.91. The Morgan fingerprint density at radius 3 is 2.65 bits per heavy atom. The predicted octanol–water partition coefficient (Wildman–Crippen LogP) is 0.293. The van der Waals surface area contributed by atoms with Crippen molar-refractivity contribution in [3.8, 4) is 5.75 Å². The minimum absolute atomic E-state index is 0.0145. The zero-order valence-electron chi connectivity index (χ0n) is 11.3. The monoisotopic (exact) mass is 298 g/mol. The first-order valence-electron chi connectivity index (χ1n) is 6.35. The molecule has 0 spiro atoms. The molecule has 1 fully saturated rings. The number of hydrogen-bond acceptors (Lipinski definition) is 5. The normalized spacial score (nSPS) is 21.4. The maximum absolute atomic E-state index is 12.0. The predicted molar refractivity (Wildman–Crippen MR) is 76.2 cm³/mol. The fourth-order valence-electron chi connectivity index (χ4n) is 2.16. The van der Waals surface area contributed by atoms with Crippen molar-refractivity contribution in [3.05, 3.63) is 24.3 Å². The molecule has 1 aliphatic heterocycles. The van der Waals surface area contributed by atoms with E-state index in [0.717, 1.165) is 0 Å². The number of rotatable bonds is 3. The van der Waals surface area contributed by atoms with Crippen LogP contribution in [0.4, 0.5) is 5.69 Å². The molecule has 0 saturated carbocycles. The maximum Gasteiger partial charge on any atom is 0.260 e. The van der Waals surface area contributed by atoms with Crippen molar-refractivity contribution >= 4 is 21.4 Å². The molecule has 2 rings (SSSR count). The van der Waals surface area contributed by atoms with Crippen LogP contribution in [-0.2, 0) is 14.6 Å². The number of sulfone groups is 1. The second-order valence-electron chi connectivity index (χ2n) is 4.91. The third-order valence-electron chi connectivity index (χ3n) is 3.23. The molecule has 20 heavy (non-hydrogen) atoms. The number of ether oxygens (including phenoxy) is 1. The van der Waals surface area contributed by atoms with Crippen LogP contribution in [0.15, 0.2) is 24.3 Å². The van der Waals surface area contributed by atoms with E-state index in [0.29, 0.717) is 11.4 Å². The van der Waals surface area contributed by atoms with Gasteiger partial charge in [0.1, 0.15) is 5.75 Å². The maximum atomic E-state index is 12.0. The van der Waals surface area contributed by atoms with E-state index >= 15 is 0 Å². The Labute approximate surface area is 118 Å². The number of anilines is 1. The van der Waals surface area contributed by atoms with Crippen molar-refractivity contribution in [1.82, 2.24) is 4.90 Å². The smallest absolute Gasteiger partial charge is 0.260 e. The SMILES string of the molecule is CC1CS(=O)(=O)CCN1C(=O)COc1ccc(N)cc1. The van der Waals surface area contributed by atoms with E-state index < -0.39 is 9.84 Å². The van der Waals surface area contributed by atoms with Crippen LogP contribution < -0.4 is 10.5 Å². The fourth-order valence-corrected chi connectivity index (χ4v) is 3.72. The van der Waals surface area contributed by atoms with Gasteiger partial charge in [0, 0.05) is 18.3 Å². The van der Waals surface area contributed by atoms with Gasteiger partial charge in [-0.15, -0.1) is 0 Å². The molecule has 0 aromatic heterocycles. The van der Waals surface area contributed by atoms with Crippen molar-refractivity contribution in [1.29, 1.82) is 0 Å². The molecule has 110 valence electrons. The summed E-state index contributed by atoms with van der Waals surface area (Å²) < 4.78 is 28.3. The van der Waals surface area contributed by atoms with Gasteiger partial charge in [0.2, 0.25) is 0 Å². The Morgan fingerprint density at radius 1 is 1.40 bits per heavy atom. The summed E-state index contributed by atoms with van der Waals surface area (Å²) >= 11 is 0. The molecular formula is C13H18N2O4S. The first-order chi connectivity index (χ1) is 9.37. The van der Waals surface area contributed by atoms with Crippen LogP contribution in [0.5, 0.6) is 5.75 Å².